The van der Waals surface area contributed by atoms with E-state index in [1.54, 1.807) is 0 Å². The lowest BCUT2D eigenvalue weighted by Crippen LogP contribution is -2.34. The van der Waals surface area contributed by atoms with E-state index >= 15 is 0 Å². The molecule has 1 saturated carbocycles. The number of hydrogen-bond donors (Lipinski definition) is 0. The van der Waals surface area contributed by atoms with Crippen LogP contribution in [0.2, 0.25) is 0 Å². The van der Waals surface area contributed by atoms with Crippen LogP contribution < -0.4 is 0 Å². The summed E-state index contributed by atoms with van der Waals surface area (Å²) in [5.41, 5.74) is 0. The molecule has 15 heavy (non-hydrogen) atoms. The largest absolute Gasteiger partial charge is 0.378 e. The van der Waals surface area contributed by atoms with Gasteiger partial charge in [0.25, 0.3) is 0 Å². The molecule has 0 saturated heterocycles. The topological polar surface area (TPSA) is 9.23 Å². The lowest BCUT2D eigenvalue weighted by molar-refractivity contribution is -0.0390. The molecule has 0 aliphatic heterocycles. The quantitative estimate of drug-likeness (QED) is 0.619. The summed E-state index contributed by atoms with van der Waals surface area (Å²) in [4.78, 5) is 0. The normalized spacial score (nSPS) is 32.2. The molecule has 0 aromatic heterocycles. The van der Waals surface area contributed by atoms with Crippen LogP contribution in [0.25, 0.3) is 0 Å². The van der Waals surface area contributed by atoms with Gasteiger partial charge in [0.2, 0.25) is 0 Å². The molecule has 1 nitrogen and oxygen atoms in total. The van der Waals surface area contributed by atoms with Crippen molar-refractivity contribution < 1.29 is 4.74 Å². The molecular weight excluding hydrogens is 184 g/mol. The molecule has 1 rings (SSSR count). The van der Waals surface area contributed by atoms with E-state index in [0.717, 1.165) is 24.4 Å². The van der Waals surface area contributed by atoms with Crippen LogP contribution in [-0.4, -0.2) is 12.7 Å². The Labute approximate surface area is 95.6 Å². The zero-order chi connectivity index (χ0) is 11.3. The molecule has 0 heterocycles. The fourth-order valence-corrected chi connectivity index (χ4v) is 2.69. The summed E-state index contributed by atoms with van der Waals surface area (Å²) in [5, 5.41) is 0. The summed E-state index contributed by atoms with van der Waals surface area (Å²) < 4.78 is 6.07. The fourth-order valence-electron chi connectivity index (χ4n) is 2.69. The number of hydrogen-bond acceptors (Lipinski definition) is 1. The Balaban J connectivity index is 2.39. The molecule has 1 fully saturated rings. The van der Waals surface area contributed by atoms with Gasteiger partial charge in [0.05, 0.1) is 6.10 Å². The van der Waals surface area contributed by atoms with Crippen molar-refractivity contribution in [3.8, 4) is 0 Å². The molecule has 90 valence electrons. The molecule has 1 aliphatic rings. The maximum absolute atomic E-state index is 6.07. The lowest BCUT2D eigenvalue weighted by atomic mass is 9.75. The predicted molar refractivity (Wildman–Crippen MR) is 66.0 cm³/mol. The van der Waals surface area contributed by atoms with Crippen LogP contribution in [0.4, 0.5) is 0 Å². The number of rotatable bonds is 5. The summed E-state index contributed by atoms with van der Waals surface area (Å²) in [6.07, 6.45) is 7.06. The van der Waals surface area contributed by atoms with Crippen LogP contribution >= 0.6 is 0 Å². The third kappa shape index (κ3) is 4.14. The predicted octanol–water partition coefficient (Wildman–Crippen LogP) is 4.26. The molecule has 0 amide bonds. The first kappa shape index (κ1) is 13.0. The fraction of sp³-hybridized carbons (Fsp3) is 1.00. The van der Waals surface area contributed by atoms with Crippen molar-refractivity contribution in [2.75, 3.05) is 6.61 Å². The SMILES string of the molecule is CCCCOC1CC(C)CC[C@H]1C(C)C. The Kier molecular flexibility index (Phi) is 5.66. The zero-order valence-corrected chi connectivity index (χ0v) is 11.0. The van der Waals surface area contributed by atoms with Crippen molar-refractivity contribution in [1.29, 1.82) is 0 Å². The van der Waals surface area contributed by atoms with Crippen molar-refractivity contribution in [2.24, 2.45) is 17.8 Å². The van der Waals surface area contributed by atoms with Gasteiger partial charge in [-0.3, -0.25) is 0 Å². The minimum absolute atomic E-state index is 0.542. The van der Waals surface area contributed by atoms with E-state index in [0.29, 0.717) is 6.10 Å². The van der Waals surface area contributed by atoms with Gasteiger partial charge < -0.3 is 4.74 Å². The van der Waals surface area contributed by atoms with Crippen molar-refractivity contribution in [3.63, 3.8) is 0 Å². The van der Waals surface area contributed by atoms with E-state index < -0.39 is 0 Å². The van der Waals surface area contributed by atoms with Gasteiger partial charge in [0, 0.05) is 6.61 Å². The van der Waals surface area contributed by atoms with Gasteiger partial charge in [-0.05, 0) is 37.0 Å². The lowest BCUT2D eigenvalue weighted by Gasteiger charge is -2.37. The Hall–Kier alpha value is -0.0400. The number of unbranched alkanes of at least 4 members (excludes halogenated alkanes) is 1. The van der Waals surface area contributed by atoms with Gasteiger partial charge >= 0.3 is 0 Å². The first-order valence-electron chi connectivity index (χ1n) is 6.76. The minimum atomic E-state index is 0.542. The van der Waals surface area contributed by atoms with Crippen molar-refractivity contribution in [2.45, 2.75) is 65.9 Å². The van der Waals surface area contributed by atoms with Crippen molar-refractivity contribution in [1.82, 2.24) is 0 Å². The first-order valence-corrected chi connectivity index (χ1v) is 6.76. The molecule has 0 spiro atoms. The average molecular weight is 212 g/mol. The molecule has 2 unspecified atom stereocenters. The number of ether oxygens (including phenoxy) is 1. The average Bonchev–Trinajstić information content (AvgIpc) is 2.18. The van der Waals surface area contributed by atoms with Gasteiger partial charge in [0.1, 0.15) is 0 Å². The molecule has 0 aromatic carbocycles. The first-order chi connectivity index (χ1) is 7.15. The summed E-state index contributed by atoms with van der Waals surface area (Å²) in [6.45, 7) is 10.3. The standard InChI is InChI=1S/C14H28O/c1-5-6-9-15-14-10-12(4)7-8-13(14)11(2)3/h11-14H,5-10H2,1-4H3/t12?,13-,14?/m0/s1. The highest BCUT2D eigenvalue weighted by Crippen LogP contribution is 2.35. The molecule has 0 radical (unpaired) electrons. The van der Waals surface area contributed by atoms with Gasteiger partial charge in [-0.25, -0.2) is 0 Å². The third-order valence-electron chi connectivity index (χ3n) is 3.79. The van der Waals surface area contributed by atoms with E-state index in [4.69, 9.17) is 4.74 Å². The Morgan fingerprint density at radius 1 is 1.27 bits per heavy atom. The molecule has 0 bridgehead atoms. The minimum Gasteiger partial charge on any atom is -0.378 e. The van der Waals surface area contributed by atoms with Crippen LogP contribution in [0.5, 0.6) is 0 Å². The summed E-state index contributed by atoms with van der Waals surface area (Å²) in [6, 6.07) is 0. The van der Waals surface area contributed by atoms with Gasteiger partial charge in [-0.1, -0.05) is 40.5 Å². The van der Waals surface area contributed by atoms with Gasteiger partial charge in [-0.15, -0.1) is 0 Å². The van der Waals surface area contributed by atoms with Crippen LogP contribution in [0, 0.1) is 17.8 Å². The second kappa shape index (κ2) is 6.52. The van der Waals surface area contributed by atoms with Crippen LogP contribution in [0.1, 0.15) is 59.8 Å². The Morgan fingerprint density at radius 2 is 2.00 bits per heavy atom. The second-order valence-electron chi connectivity index (χ2n) is 5.59. The Bertz CT molecular complexity index is 165. The van der Waals surface area contributed by atoms with Crippen LogP contribution in [0.15, 0.2) is 0 Å². The molecule has 1 heteroatoms. The summed E-state index contributed by atoms with van der Waals surface area (Å²) in [5.74, 6) is 2.45. The zero-order valence-electron chi connectivity index (χ0n) is 11.0. The summed E-state index contributed by atoms with van der Waals surface area (Å²) >= 11 is 0. The second-order valence-corrected chi connectivity index (χ2v) is 5.59. The molecule has 0 aromatic rings. The highest BCUT2D eigenvalue weighted by atomic mass is 16.5. The highest BCUT2D eigenvalue weighted by molar-refractivity contribution is 4.81. The van der Waals surface area contributed by atoms with Crippen molar-refractivity contribution >= 4 is 0 Å². The highest BCUT2D eigenvalue weighted by Gasteiger charge is 2.30. The van der Waals surface area contributed by atoms with Crippen LogP contribution in [-0.2, 0) is 4.74 Å². The molecule has 0 N–H and O–H groups in total. The monoisotopic (exact) mass is 212 g/mol. The van der Waals surface area contributed by atoms with E-state index in [2.05, 4.69) is 27.7 Å². The molecular formula is C14H28O. The van der Waals surface area contributed by atoms with E-state index in [1.165, 1.54) is 32.1 Å². The smallest absolute Gasteiger partial charge is 0.0608 e. The maximum Gasteiger partial charge on any atom is 0.0608 e. The third-order valence-corrected chi connectivity index (χ3v) is 3.79. The van der Waals surface area contributed by atoms with Crippen LogP contribution in [0.3, 0.4) is 0 Å². The summed E-state index contributed by atoms with van der Waals surface area (Å²) in [7, 11) is 0. The van der Waals surface area contributed by atoms with E-state index in [9.17, 15) is 0 Å². The maximum atomic E-state index is 6.07. The molecule has 3 atom stereocenters. The van der Waals surface area contributed by atoms with E-state index in [-0.39, 0.29) is 0 Å². The van der Waals surface area contributed by atoms with Crippen molar-refractivity contribution in [3.05, 3.63) is 0 Å². The van der Waals surface area contributed by atoms with E-state index in [1.807, 2.05) is 0 Å². The van der Waals surface area contributed by atoms with Gasteiger partial charge in [0.15, 0.2) is 0 Å². The molecule has 1 aliphatic carbocycles. The Morgan fingerprint density at radius 3 is 2.60 bits per heavy atom. The van der Waals surface area contributed by atoms with Gasteiger partial charge in [-0.2, -0.15) is 0 Å².